The topological polar surface area (TPSA) is 93.5 Å². The third-order valence-electron chi connectivity index (χ3n) is 2.52. The molecule has 2 rings (SSSR count). The number of aromatic nitrogens is 3. The van der Waals surface area contributed by atoms with Crippen molar-refractivity contribution >= 4 is 11.6 Å². The highest BCUT2D eigenvalue weighted by molar-refractivity contribution is 5.75. The van der Waals surface area contributed by atoms with Crippen molar-refractivity contribution < 1.29 is 9.90 Å². The lowest BCUT2D eigenvalue weighted by molar-refractivity contribution is -0.138. The summed E-state index contributed by atoms with van der Waals surface area (Å²) < 4.78 is 1.62. The summed E-state index contributed by atoms with van der Waals surface area (Å²) in [6, 6.07) is 2.27. The summed E-state index contributed by atoms with van der Waals surface area (Å²) in [5.74, 6) is -0.101. The molecule has 17 heavy (non-hydrogen) atoms. The van der Waals surface area contributed by atoms with E-state index in [0.717, 1.165) is 5.82 Å². The van der Waals surface area contributed by atoms with Gasteiger partial charge in [-0.3, -0.25) is 4.79 Å². The third-order valence-corrected chi connectivity index (χ3v) is 2.52. The van der Waals surface area contributed by atoms with Crippen molar-refractivity contribution in [1.29, 1.82) is 0 Å². The fourth-order valence-electron chi connectivity index (χ4n) is 1.50. The summed E-state index contributed by atoms with van der Waals surface area (Å²) in [4.78, 5) is 15.1. The second kappa shape index (κ2) is 4.14. The number of pyridine rings is 1. The molecule has 1 unspecified atom stereocenters. The van der Waals surface area contributed by atoms with Gasteiger partial charge in [0.2, 0.25) is 0 Å². The van der Waals surface area contributed by atoms with Crippen LogP contribution in [0.15, 0.2) is 18.3 Å². The fourth-order valence-corrected chi connectivity index (χ4v) is 1.50. The first-order chi connectivity index (χ1) is 7.99. The van der Waals surface area contributed by atoms with E-state index in [9.17, 15) is 4.79 Å². The Morgan fingerprint density at radius 1 is 1.53 bits per heavy atom. The summed E-state index contributed by atoms with van der Waals surface area (Å²) in [5.41, 5.74) is 6.67. The first kappa shape index (κ1) is 11.5. The van der Waals surface area contributed by atoms with Gasteiger partial charge in [0.05, 0.1) is 0 Å². The number of nitrogens with two attached hydrogens (primary N) is 1. The molecule has 3 N–H and O–H groups in total. The summed E-state index contributed by atoms with van der Waals surface area (Å²) in [7, 11) is 0. The minimum Gasteiger partial charge on any atom is -0.480 e. The predicted octanol–water partition coefficient (Wildman–Crippen LogP) is 0.937. The lowest BCUT2D eigenvalue weighted by Crippen LogP contribution is -2.20. The van der Waals surface area contributed by atoms with Gasteiger partial charge in [-0.15, -0.1) is 0 Å². The molecule has 0 saturated heterocycles. The molecule has 2 aromatic rings. The van der Waals surface area contributed by atoms with Crippen molar-refractivity contribution in [1.82, 2.24) is 14.6 Å². The average Bonchev–Trinajstić information content (AvgIpc) is 2.70. The molecule has 6 heteroatoms. The lowest BCUT2D eigenvalue weighted by Gasteiger charge is -2.05. The van der Waals surface area contributed by atoms with Gasteiger partial charge in [-0.05, 0) is 17.7 Å². The van der Waals surface area contributed by atoms with Crippen LogP contribution in [0.1, 0.15) is 37.2 Å². The van der Waals surface area contributed by atoms with Crippen LogP contribution in [0.5, 0.6) is 0 Å². The van der Waals surface area contributed by atoms with Crippen molar-refractivity contribution in [2.75, 3.05) is 0 Å². The van der Waals surface area contributed by atoms with E-state index in [1.807, 2.05) is 13.8 Å². The highest BCUT2D eigenvalue weighted by atomic mass is 16.4. The van der Waals surface area contributed by atoms with Crippen LogP contribution < -0.4 is 5.73 Å². The largest absolute Gasteiger partial charge is 0.480 e. The van der Waals surface area contributed by atoms with Gasteiger partial charge in [0.1, 0.15) is 6.04 Å². The zero-order valence-corrected chi connectivity index (χ0v) is 9.66. The smallest absolute Gasteiger partial charge is 0.325 e. The maximum absolute atomic E-state index is 10.8. The normalized spacial score (nSPS) is 13.2. The molecule has 0 aromatic carbocycles. The van der Waals surface area contributed by atoms with E-state index in [-0.39, 0.29) is 5.92 Å². The number of nitrogens with zero attached hydrogens (tertiary/aromatic N) is 3. The molecular weight excluding hydrogens is 220 g/mol. The van der Waals surface area contributed by atoms with E-state index < -0.39 is 12.0 Å². The monoisotopic (exact) mass is 234 g/mol. The van der Waals surface area contributed by atoms with Gasteiger partial charge in [0.15, 0.2) is 11.5 Å². The van der Waals surface area contributed by atoms with Gasteiger partial charge < -0.3 is 10.8 Å². The Morgan fingerprint density at radius 2 is 2.24 bits per heavy atom. The van der Waals surface area contributed by atoms with Gasteiger partial charge in [-0.25, -0.2) is 9.50 Å². The van der Waals surface area contributed by atoms with Crippen LogP contribution in [-0.4, -0.2) is 25.7 Å². The van der Waals surface area contributed by atoms with Crippen molar-refractivity contribution in [2.24, 2.45) is 5.73 Å². The van der Waals surface area contributed by atoms with Crippen molar-refractivity contribution in [3.8, 4) is 0 Å². The molecule has 0 radical (unpaired) electrons. The number of hydrogen-bond donors (Lipinski definition) is 2. The minimum absolute atomic E-state index is 0.228. The highest BCUT2D eigenvalue weighted by Crippen LogP contribution is 2.15. The third kappa shape index (κ3) is 2.12. The zero-order valence-electron chi connectivity index (χ0n) is 9.66. The SMILES string of the molecule is CC(C)c1nc2cc(C(N)C(=O)O)ccn2n1. The Labute approximate surface area is 98.1 Å². The van der Waals surface area contributed by atoms with Crippen molar-refractivity contribution in [3.05, 3.63) is 29.7 Å². The molecule has 0 aliphatic carbocycles. The minimum atomic E-state index is -1.06. The molecule has 0 aliphatic rings. The Hall–Kier alpha value is -1.95. The Kier molecular flexibility index (Phi) is 2.81. The molecule has 0 fully saturated rings. The molecule has 0 bridgehead atoms. The Balaban J connectivity index is 2.46. The molecule has 0 saturated carbocycles. The number of hydrogen-bond acceptors (Lipinski definition) is 4. The highest BCUT2D eigenvalue weighted by Gasteiger charge is 2.15. The van der Waals surface area contributed by atoms with E-state index >= 15 is 0 Å². The fraction of sp³-hybridized carbons (Fsp3) is 0.364. The summed E-state index contributed by atoms with van der Waals surface area (Å²) >= 11 is 0. The standard InChI is InChI=1S/C11H14N4O2/c1-6(2)10-13-8-5-7(9(12)11(16)17)3-4-15(8)14-10/h3-6,9H,12H2,1-2H3,(H,16,17). The van der Waals surface area contributed by atoms with Gasteiger partial charge in [0.25, 0.3) is 0 Å². The van der Waals surface area contributed by atoms with Crippen LogP contribution in [-0.2, 0) is 4.79 Å². The number of rotatable bonds is 3. The lowest BCUT2D eigenvalue weighted by atomic mass is 10.1. The number of carboxylic acid groups (broad SMARTS) is 1. The summed E-state index contributed by atoms with van der Waals surface area (Å²) in [6.45, 7) is 4.00. The van der Waals surface area contributed by atoms with E-state index in [1.54, 1.807) is 22.8 Å². The number of aliphatic carboxylic acids is 1. The first-order valence-corrected chi connectivity index (χ1v) is 5.33. The van der Waals surface area contributed by atoms with Gasteiger partial charge in [-0.2, -0.15) is 5.10 Å². The van der Waals surface area contributed by atoms with Crippen LogP contribution in [0.2, 0.25) is 0 Å². The van der Waals surface area contributed by atoms with Crippen LogP contribution in [0.3, 0.4) is 0 Å². The van der Waals surface area contributed by atoms with Gasteiger partial charge in [0, 0.05) is 12.1 Å². The molecule has 0 amide bonds. The van der Waals surface area contributed by atoms with Crippen molar-refractivity contribution in [2.45, 2.75) is 25.8 Å². The molecule has 6 nitrogen and oxygen atoms in total. The second-order valence-electron chi connectivity index (χ2n) is 4.20. The van der Waals surface area contributed by atoms with Crippen LogP contribution in [0.25, 0.3) is 5.65 Å². The van der Waals surface area contributed by atoms with Crippen LogP contribution in [0.4, 0.5) is 0 Å². The van der Waals surface area contributed by atoms with Gasteiger partial charge in [-0.1, -0.05) is 13.8 Å². The molecular formula is C11H14N4O2. The second-order valence-corrected chi connectivity index (χ2v) is 4.20. The van der Waals surface area contributed by atoms with E-state index in [0.29, 0.717) is 11.2 Å². The molecule has 90 valence electrons. The maximum Gasteiger partial charge on any atom is 0.325 e. The van der Waals surface area contributed by atoms with E-state index in [4.69, 9.17) is 10.8 Å². The Bertz CT molecular complexity index is 562. The predicted molar refractivity (Wildman–Crippen MR) is 61.6 cm³/mol. The molecule has 0 aliphatic heterocycles. The van der Waals surface area contributed by atoms with E-state index in [2.05, 4.69) is 10.1 Å². The van der Waals surface area contributed by atoms with Crippen LogP contribution in [0, 0.1) is 0 Å². The average molecular weight is 234 g/mol. The summed E-state index contributed by atoms with van der Waals surface area (Å²) in [5, 5.41) is 13.1. The number of carboxylic acids is 1. The number of carbonyl (C=O) groups is 1. The van der Waals surface area contributed by atoms with E-state index in [1.165, 1.54) is 0 Å². The Morgan fingerprint density at radius 3 is 2.82 bits per heavy atom. The molecule has 1 atom stereocenters. The van der Waals surface area contributed by atoms with Crippen molar-refractivity contribution in [3.63, 3.8) is 0 Å². The first-order valence-electron chi connectivity index (χ1n) is 5.33. The molecule has 2 aromatic heterocycles. The molecule has 0 spiro atoms. The molecule has 2 heterocycles. The quantitative estimate of drug-likeness (QED) is 0.824. The van der Waals surface area contributed by atoms with Crippen LogP contribution >= 0.6 is 0 Å². The summed E-state index contributed by atoms with van der Waals surface area (Å²) in [6.07, 6.45) is 1.67. The zero-order chi connectivity index (χ0) is 12.6. The maximum atomic E-state index is 10.8. The van der Waals surface area contributed by atoms with Gasteiger partial charge >= 0.3 is 5.97 Å². The number of fused-ring (bicyclic) bond motifs is 1.